The zero-order valence-corrected chi connectivity index (χ0v) is 8.61. The van der Waals surface area contributed by atoms with Crippen molar-refractivity contribution in [2.75, 3.05) is 0 Å². The van der Waals surface area contributed by atoms with E-state index in [-0.39, 0.29) is 14.6 Å². The molecule has 3 N–H and O–H groups in total. The van der Waals surface area contributed by atoms with Gasteiger partial charge in [0.05, 0.1) is 0 Å². The van der Waals surface area contributed by atoms with E-state index in [0.29, 0.717) is 0 Å². The second-order valence-electron chi connectivity index (χ2n) is 3.49. The van der Waals surface area contributed by atoms with E-state index >= 15 is 0 Å². The average molecular weight is 194 g/mol. The van der Waals surface area contributed by atoms with Crippen molar-refractivity contribution >= 4 is 8.41 Å². The van der Waals surface area contributed by atoms with Gasteiger partial charge in [-0.1, -0.05) is 48.5 Å². The van der Waals surface area contributed by atoms with Crippen molar-refractivity contribution in [1.29, 1.82) is 0 Å². The van der Waals surface area contributed by atoms with Crippen LogP contribution in [0.3, 0.4) is 0 Å². The lowest BCUT2D eigenvalue weighted by Gasteiger charge is -1.98. The minimum absolute atomic E-state index is 0. The third-order valence-electron chi connectivity index (χ3n) is 2.71. The van der Waals surface area contributed by atoms with E-state index < -0.39 is 0 Å². The van der Waals surface area contributed by atoms with E-state index in [1.165, 1.54) is 22.3 Å². The molecule has 1 aliphatic carbocycles. The van der Waals surface area contributed by atoms with Crippen LogP contribution in [-0.4, -0.2) is 8.41 Å². The van der Waals surface area contributed by atoms with Crippen LogP contribution >= 0.6 is 0 Å². The normalized spacial score (nSPS) is 10.7. The van der Waals surface area contributed by atoms with E-state index in [1.807, 2.05) is 0 Å². The monoisotopic (exact) mass is 194 g/mol. The van der Waals surface area contributed by atoms with Crippen molar-refractivity contribution in [2.24, 2.45) is 0 Å². The smallest absolute Gasteiger partial charge is 0 e. The van der Waals surface area contributed by atoms with Gasteiger partial charge in [-0.05, 0) is 28.7 Å². The number of hydrogen-bond acceptors (Lipinski definition) is 1. The van der Waals surface area contributed by atoms with E-state index in [4.69, 9.17) is 0 Å². The Bertz CT molecular complexity index is 422. The van der Waals surface area contributed by atoms with Crippen LogP contribution in [0.1, 0.15) is 11.1 Å². The molecule has 0 atom stereocenters. The van der Waals surface area contributed by atoms with Gasteiger partial charge in [0, 0.05) is 8.41 Å². The summed E-state index contributed by atoms with van der Waals surface area (Å²) in [7, 11) is 0. The van der Waals surface area contributed by atoms with Crippen molar-refractivity contribution in [3.05, 3.63) is 59.7 Å². The molecule has 0 amide bonds. The van der Waals surface area contributed by atoms with Crippen LogP contribution in [0.4, 0.5) is 0 Å². The van der Waals surface area contributed by atoms with Gasteiger partial charge in [0.2, 0.25) is 0 Å². The highest BCUT2D eigenvalue weighted by Crippen LogP contribution is 2.35. The number of hydrogen-bond donors (Lipinski definition) is 1. The fraction of sp³-hybridized carbons (Fsp3) is 0.0769. The molecule has 3 radical (unpaired) electrons. The predicted molar refractivity (Wildman–Crippen MR) is 65.5 cm³/mol. The quantitative estimate of drug-likeness (QED) is 0.548. The topological polar surface area (TPSA) is 35.0 Å². The maximum Gasteiger partial charge on any atom is 0 e. The van der Waals surface area contributed by atoms with Crippen LogP contribution in [0.2, 0.25) is 0 Å². The van der Waals surface area contributed by atoms with Gasteiger partial charge in [-0.3, -0.25) is 0 Å². The maximum atomic E-state index is 2.22. The highest BCUT2D eigenvalue weighted by Gasteiger charge is 2.15. The lowest BCUT2D eigenvalue weighted by molar-refractivity contribution is 1.26. The van der Waals surface area contributed by atoms with Crippen molar-refractivity contribution in [3.63, 3.8) is 0 Å². The Morgan fingerprint density at radius 1 is 0.667 bits per heavy atom. The molecule has 15 heavy (non-hydrogen) atoms. The van der Waals surface area contributed by atoms with Crippen LogP contribution < -0.4 is 6.15 Å². The summed E-state index contributed by atoms with van der Waals surface area (Å²) in [5.74, 6) is 0. The second kappa shape index (κ2) is 4.32. The molecule has 2 heteroatoms. The molecule has 0 unspecified atom stereocenters. The minimum atomic E-state index is 0. The molecule has 3 rings (SSSR count). The van der Waals surface area contributed by atoms with Crippen molar-refractivity contribution in [1.82, 2.24) is 6.15 Å². The van der Waals surface area contributed by atoms with Crippen LogP contribution in [0, 0.1) is 0 Å². The van der Waals surface area contributed by atoms with Crippen molar-refractivity contribution in [3.8, 4) is 11.1 Å². The first kappa shape index (κ1) is 11.5. The molecule has 2 aromatic rings. The maximum absolute atomic E-state index is 2.22. The molecule has 0 saturated heterocycles. The van der Waals surface area contributed by atoms with Crippen LogP contribution in [0.25, 0.3) is 11.1 Å². The molecular formula is C13H13BN. The molecule has 0 saturated carbocycles. The third-order valence-corrected chi connectivity index (χ3v) is 2.71. The fourth-order valence-electron chi connectivity index (χ4n) is 2.08. The summed E-state index contributed by atoms with van der Waals surface area (Å²) in [5.41, 5.74) is 5.75. The third kappa shape index (κ3) is 1.68. The summed E-state index contributed by atoms with van der Waals surface area (Å²) in [6.45, 7) is 0. The van der Waals surface area contributed by atoms with Gasteiger partial charge in [-0.25, -0.2) is 0 Å². The summed E-state index contributed by atoms with van der Waals surface area (Å²) < 4.78 is 0. The molecule has 0 heterocycles. The van der Waals surface area contributed by atoms with Gasteiger partial charge >= 0.3 is 0 Å². The highest BCUT2D eigenvalue weighted by molar-refractivity contribution is 5.76. The molecule has 0 fully saturated rings. The molecule has 73 valence electrons. The Balaban J connectivity index is 0.000000562. The molecule has 0 aliphatic heterocycles. The van der Waals surface area contributed by atoms with Gasteiger partial charge in [-0.15, -0.1) is 0 Å². The first-order valence-corrected chi connectivity index (χ1v) is 4.61. The largest absolute Gasteiger partial charge is 0.344 e. The first-order chi connectivity index (χ1) is 6.45. The summed E-state index contributed by atoms with van der Waals surface area (Å²) in [6, 6.07) is 17.3. The number of rotatable bonds is 0. The first-order valence-electron chi connectivity index (χ1n) is 4.61. The van der Waals surface area contributed by atoms with Crippen molar-refractivity contribution in [2.45, 2.75) is 6.42 Å². The Morgan fingerprint density at radius 3 is 1.53 bits per heavy atom. The van der Waals surface area contributed by atoms with Gasteiger partial charge in [0.1, 0.15) is 0 Å². The Hall–Kier alpha value is -1.54. The van der Waals surface area contributed by atoms with Gasteiger partial charge < -0.3 is 6.15 Å². The highest BCUT2D eigenvalue weighted by atomic mass is 14.2. The second-order valence-corrected chi connectivity index (χ2v) is 3.49. The van der Waals surface area contributed by atoms with Crippen LogP contribution in [0.5, 0.6) is 0 Å². The number of benzene rings is 2. The standard InChI is InChI=1S/C13H10.B.H3N/c1-3-7-12-10(5-1)9-11-6-2-4-8-13(11)12;;/h1-8H,9H2;;1H3. The molecule has 0 aromatic heterocycles. The molecule has 1 nitrogen and oxygen atoms in total. The molecular weight excluding hydrogens is 181 g/mol. The average Bonchev–Trinajstić information content (AvgIpc) is 2.56. The summed E-state index contributed by atoms with van der Waals surface area (Å²) in [4.78, 5) is 0. The van der Waals surface area contributed by atoms with Crippen molar-refractivity contribution < 1.29 is 0 Å². The lowest BCUT2D eigenvalue weighted by Crippen LogP contribution is -1.77. The van der Waals surface area contributed by atoms with Gasteiger partial charge in [0.15, 0.2) is 0 Å². The van der Waals surface area contributed by atoms with E-state index in [2.05, 4.69) is 48.5 Å². The Morgan fingerprint density at radius 2 is 1.07 bits per heavy atom. The molecule has 2 aromatic carbocycles. The van der Waals surface area contributed by atoms with Crippen LogP contribution in [-0.2, 0) is 6.42 Å². The zero-order chi connectivity index (χ0) is 8.67. The number of fused-ring (bicyclic) bond motifs is 3. The molecule has 1 aliphatic rings. The van der Waals surface area contributed by atoms with E-state index in [9.17, 15) is 0 Å². The Kier molecular flexibility index (Phi) is 3.33. The van der Waals surface area contributed by atoms with Gasteiger partial charge in [-0.2, -0.15) is 0 Å². The summed E-state index contributed by atoms with van der Waals surface area (Å²) in [6.07, 6.45) is 1.10. The van der Waals surface area contributed by atoms with E-state index in [0.717, 1.165) is 6.42 Å². The molecule has 0 spiro atoms. The summed E-state index contributed by atoms with van der Waals surface area (Å²) >= 11 is 0. The SMILES string of the molecule is N.[B].c1ccc2c(c1)Cc1ccccc1-2. The Labute approximate surface area is 92.3 Å². The molecule has 0 bridgehead atoms. The van der Waals surface area contributed by atoms with Gasteiger partial charge in [0.25, 0.3) is 0 Å². The minimum Gasteiger partial charge on any atom is -0.344 e. The fourth-order valence-corrected chi connectivity index (χ4v) is 2.08. The zero-order valence-electron chi connectivity index (χ0n) is 8.61. The lowest BCUT2D eigenvalue weighted by atomic mass is 10.1. The summed E-state index contributed by atoms with van der Waals surface area (Å²) in [5, 5.41) is 0. The van der Waals surface area contributed by atoms with Crippen LogP contribution in [0.15, 0.2) is 48.5 Å². The predicted octanol–water partition coefficient (Wildman–Crippen LogP) is 3.04. The van der Waals surface area contributed by atoms with E-state index in [1.54, 1.807) is 0 Å².